The molecule has 0 radical (unpaired) electrons. The van der Waals surface area contributed by atoms with Crippen molar-refractivity contribution in [2.24, 2.45) is 0 Å². The predicted octanol–water partition coefficient (Wildman–Crippen LogP) is 7.17. The van der Waals surface area contributed by atoms with E-state index in [1.165, 1.54) is 17.0 Å². The van der Waals surface area contributed by atoms with E-state index in [1.54, 1.807) is 24.3 Å². The van der Waals surface area contributed by atoms with Crippen LogP contribution in [0.25, 0.3) is 6.08 Å². The molecular formula is C24H16Br2FNO3S. The van der Waals surface area contributed by atoms with Gasteiger partial charge in [0.1, 0.15) is 18.2 Å². The number of thioether (sulfide) groups is 1. The van der Waals surface area contributed by atoms with Gasteiger partial charge in [-0.2, -0.15) is 0 Å². The highest BCUT2D eigenvalue weighted by atomic mass is 79.9. The van der Waals surface area contributed by atoms with Crippen LogP contribution in [-0.4, -0.2) is 16.0 Å². The molecule has 3 aromatic rings. The van der Waals surface area contributed by atoms with Crippen molar-refractivity contribution in [3.8, 4) is 5.75 Å². The maximum atomic E-state index is 13.1. The van der Waals surface area contributed by atoms with E-state index in [2.05, 4.69) is 31.9 Å². The van der Waals surface area contributed by atoms with E-state index in [9.17, 15) is 14.0 Å². The summed E-state index contributed by atoms with van der Waals surface area (Å²) in [5.41, 5.74) is 2.32. The predicted molar refractivity (Wildman–Crippen MR) is 131 cm³/mol. The summed E-state index contributed by atoms with van der Waals surface area (Å²) in [6, 6.07) is 19.0. The molecule has 1 aliphatic heterocycles. The van der Waals surface area contributed by atoms with Gasteiger partial charge < -0.3 is 4.74 Å². The lowest BCUT2D eigenvalue weighted by Crippen LogP contribution is -2.27. The first-order valence-corrected chi connectivity index (χ1v) is 12.0. The second-order valence-corrected chi connectivity index (χ2v) is 9.72. The van der Waals surface area contributed by atoms with Gasteiger partial charge >= 0.3 is 0 Å². The Hall–Kier alpha value is -2.42. The molecule has 0 saturated carbocycles. The highest BCUT2D eigenvalue weighted by Gasteiger charge is 2.35. The zero-order valence-corrected chi connectivity index (χ0v) is 20.5. The quantitative estimate of drug-likeness (QED) is 0.292. The highest BCUT2D eigenvalue weighted by molar-refractivity contribution is 9.10. The zero-order chi connectivity index (χ0) is 22.7. The Labute approximate surface area is 205 Å². The van der Waals surface area contributed by atoms with E-state index in [1.807, 2.05) is 36.4 Å². The number of hydrogen-bond donors (Lipinski definition) is 0. The summed E-state index contributed by atoms with van der Waals surface area (Å²) >= 11 is 7.80. The lowest BCUT2D eigenvalue weighted by atomic mass is 10.1. The minimum absolute atomic E-state index is 0.190. The normalized spacial score (nSPS) is 15.0. The fraction of sp³-hybridized carbons (Fsp3) is 0.0833. The number of hydrogen-bond acceptors (Lipinski definition) is 4. The molecule has 0 bridgehead atoms. The number of carbonyl (C=O) groups is 2. The number of carbonyl (C=O) groups excluding carboxylic acids is 2. The Bertz CT molecular complexity index is 1210. The number of benzene rings is 3. The summed E-state index contributed by atoms with van der Waals surface area (Å²) in [6.07, 6.45) is 1.66. The summed E-state index contributed by atoms with van der Waals surface area (Å²) in [5, 5.41) is -0.319. The molecule has 1 heterocycles. The van der Waals surface area contributed by atoms with Gasteiger partial charge in [-0.25, -0.2) is 4.39 Å². The highest BCUT2D eigenvalue weighted by Crippen LogP contribution is 2.36. The van der Waals surface area contributed by atoms with Crippen molar-refractivity contribution in [2.45, 2.75) is 13.2 Å². The molecule has 2 amide bonds. The van der Waals surface area contributed by atoms with E-state index in [0.29, 0.717) is 16.2 Å². The molecule has 0 atom stereocenters. The molecule has 162 valence electrons. The van der Waals surface area contributed by atoms with E-state index in [0.717, 1.165) is 31.8 Å². The summed E-state index contributed by atoms with van der Waals surface area (Å²) in [4.78, 5) is 27.0. The fourth-order valence-corrected chi connectivity index (χ4v) is 4.70. The minimum Gasteiger partial charge on any atom is -0.488 e. The van der Waals surface area contributed by atoms with E-state index in [-0.39, 0.29) is 30.1 Å². The number of imide groups is 1. The lowest BCUT2D eigenvalue weighted by Gasteiger charge is -2.13. The molecule has 32 heavy (non-hydrogen) atoms. The van der Waals surface area contributed by atoms with Crippen LogP contribution in [0.4, 0.5) is 9.18 Å². The topological polar surface area (TPSA) is 46.6 Å². The van der Waals surface area contributed by atoms with Crippen LogP contribution < -0.4 is 4.74 Å². The van der Waals surface area contributed by atoms with Crippen molar-refractivity contribution < 1.29 is 18.7 Å². The smallest absolute Gasteiger partial charge is 0.293 e. The van der Waals surface area contributed by atoms with Gasteiger partial charge in [-0.15, -0.1) is 0 Å². The third kappa shape index (κ3) is 5.31. The van der Waals surface area contributed by atoms with Crippen LogP contribution in [0.5, 0.6) is 5.75 Å². The third-order valence-electron chi connectivity index (χ3n) is 4.73. The second-order valence-electron chi connectivity index (χ2n) is 6.96. The van der Waals surface area contributed by atoms with Gasteiger partial charge in [0.15, 0.2) is 0 Å². The van der Waals surface area contributed by atoms with Crippen LogP contribution in [0.3, 0.4) is 0 Å². The van der Waals surface area contributed by atoms with E-state index in [4.69, 9.17) is 4.74 Å². The monoisotopic (exact) mass is 575 g/mol. The van der Waals surface area contributed by atoms with Crippen LogP contribution >= 0.6 is 43.6 Å². The molecule has 3 aromatic carbocycles. The number of ether oxygens (including phenoxy) is 1. The van der Waals surface area contributed by atoms with Gasteiger partial charge in [-0.05, 0) is 65.4 Å². The first-order chi connectivity index (χ1) is 15.4. The Morgan fingerprint density at radius 1 is 1.00 bits per heavy atom. The van der Waals surface area contributed by atoms with Crippen molar-refractivity contribution in [3.63, 3.8) is 0 Å². The lowest BCUT2D eigenvalue weighted by molar-refractivity contribution is -0.123. The van der Waals surface area contributed by atoms with Crippen molar-refractivity contribution in [2.75, 3.05) is 0 Å². The summed E-state index contributed by atoms with van der Waals surface area (Å²) in [7, 11) is 0. The van der Waals surface area contributed by atoms with E-state index >= 15 is 0 Å². The Balaban J connectivity index is 1.55. The van der Waals surface area contributed by atoms with Crippen molar-refractivity contribution in [3.05, 3.63) is 103 Å². The molecule has 0 spiro atoms. The van der Waals surface area contributed by atoms with Gasteiger partial charge in [0.2, 0.25) is 0 Å². The molecule has 1 saturated heterocycles. The Kier molecular flexibility index (Phi) is 7.13. The van der Waals surface area contributed by atoms with Gasteiger partial charge in [0, 0.05) is 14.5 Å². The first kappa shape index (κ1) is 22.8. The molecular weight excluding hydrogens is 561 g/mol. The molecule has 0 N–H and O–H groups in total. The second kappa shape index (κ2) is 10.0. The molecule has 1 fully saturated rings. The number of nitrogens with zero attached hydrogens (tertiary/aromatic N) is 1. The molecule has 8 heteroatoms. The number of rotatable bonds is 6. The van der Waals surface area contributed by atoms with Gasteiger partial charge in [0.25, 0.3) is 11.1 Å². The summed E-state index contributed by atoms with van der Waals surface area (Å²) < 4.78 is 20.7. The average Bonchev–Trinajstić information content (AvgIpc) is 3.03. The van der Waals surface area contributed by atoms with Gasteiger partial charge in [-0.1, -0.05) is 62.2 Å². The molecule has 4 rings (SSSR count). The van der Waals surface area contributed by atoms with Crippen LogP contribution in [0, 0.1) is 5.82 Å². The minimum atomic E-state index is -0.347. The maximum absolute atomic E-state index is 13.1. The molecule has 0 aromatic heterocycles. The van der Waals surface area contributed by atoms with Crippen molar-refractivity contribution in [1.29, 1.82) is 0 Å². The fourth-order valence-electron chi connectivity index (χ4n) is 3.08. The van der Waals surface area contributed by atoms with Crippen molar-refractivity contribution in [1.82, 2.24) is 4.90 Å². The Morgan fingerprint density at radius 3 is 2.50 bits per heavy atom. The van der Waals surface area contributed by atoms with Crippen LogP contribution in [0.15, 0.2) is 80.6 Å². The SMILES string of the molecule is O=C1S/C(=C\c2cc(Br)ccc2OCc2ccc(F)cc2)C(=O)N1Cc1ccccc1Br. The summed E-state index contributed by atoms with van der Waals surface area (Å²) in [5.74, 6) is -0.105. The molecule has 1 aliphatic rings. The molecule has 0 unspecified atom stereocenters. The molecule has 0 aliphatic carbocycles. The van der Waals surface area contributed by atoms with Gasteiger partial charge in [0.05, 0.1) is 11.4 Å². The Morgan fingerprint density at radius 2 is 1.75 bits per heavy atom. The van der Waals surface area contributed by atoms with E-state index < -0.39 is 0 Å². The molecule has 4 nitrogen and oxygen atoms in total. The van der Waals surface area contributed by atoms with Gasteiger partial charge in [-0.3, -0.25) is 14.5 Å². The number of halogens is 3. The third-order valence-corrected chi connectivity index (χ3v) is 6.90. The van der Waals surface area contributed by atoms with Crippen LogP contribution in [-0.2, 0) is 17.9 Å². The summed E-state index contributed by atoms with van der Waals surface area (Å²) in [6.45, 7) is 0.433. The standard InChI is InChI=1S/C24H16Br2FNO3S/c25-18-7-10-21(31-14-15-5-8-19(27)9-6-15)17(11-18)12-22-23(29)28(24(30)32-22)13-16-3-1-2-4-20(16)26/h1-12H,13-14H2/b22-12-. The first-order valence-electron chi connectivity index (χ1n) is 9.56. The zero-order valence-electron chi connectivity index (χ0n) is 16.6. The largest absolute Gasteiger partial charge is 0.488 e. The van der Waals surface area contributed by atoms with Crippen LogP contribution in [0.1, 0.15) is 16.7 Å². The maximum Gasteiger partial charge on any atom is 0.293 e. The average molecular weight is 577 g/mol. The van der Waals surface area contributed by atoms with Crippen molar-refractivity contribution >= 4 is 60.8 Å². The van der Waals surface area contributed by atoms with Crippen LogP contribution in [0.2, 0.25) is 0 Å². The number of amides is 2.